The third-order valence-electron chi connectivity index (χ3n) is 3.22. The summed E-state index contributed by atoms with van der Waals surface area (Å²) >= 11 is 1.05. The molecule has 0 heterocycles. The van der Waals surface area contributed by atoms with E-state index in [9.17, 15) is 19.7 Å². The molecule has 0 unspecified atom stereocenters. The summed E-state index contributed by atoms with van der Waals surface area (Å²) < 4.78 is 0. The summed E-state index contributed by atoms with van der Waals surface area (Å²) in [5.74, 6) is -0.427. The van der Waals surface area contributed by atoms with Crippen molar-refractivity contribution in [2.75, 3.05) is 19.4 Å². The molecule has 0 aliphatic heterocycles. The molecule has 0 aromatic heterocycles. The first-order chi connectivity index (χ1) is 12.4. The number of para-hydroxylation sites is 1. The van der Waals surface area contributed by atoms with Gasteiger partial charge in [-0.3, -0.25) is 19.7 Å². The van der Waals surface area contributed by atoms with Gasteiger partial charge in [-0.15, -0.1) is 0 Å². The Morgan fingerprint density at radius 1 is 1.15 bits per heavy atom. The van der Waals surface area contributed by atoms with Gasteiger partial charge in [-0.05, 0) is 42.1 Å². The van der Waals surface area contributed by atoms with Crippen LogP contribution in [0.15, 0.2) is 59.5 Å². The topological polar surface area (TPSA) is 92.6 Å². The van der Waals surface area contributed by atoms with E-state index >= 15 is 0 Å². The first-order valence-corrected chi connectivity index (χ1v) is 8.40. The standard InChI is InChI=1S/C18H17N3O4S/c1-20(2)18(23)26-15-8-5-7-14(12-15)19-17(22)11-10-13-6-3-4-9-16(13)21(24)25/h3-12H,1-2H3,(H,19,22). The van der Waals surface area contributed by atoms with Gasteiger partial charge >= 0.3 is 0 Å². The third-order valence-corrected chi connectivity index (χ3v) is 4.25. The quantitative estimate of drug-likeness (QED) is 0.371. The molecule has 2 aromatic carbocycles. The lowest BCUT2D eigenvalue weighted by molar-refractivity contribution is -0.385. The van der Waals surface area contributed by atoms with E-state index in [0.29, 0.717) is 16.1 Å². The van der Waals surface area contributed by atoms with E-state index in [1.54, 1.807) is 56.6 Å². The first-order valence-electron chi connectivity index (χ1n) is 7.58. The van der Waals surface area contributed by atoms with Crippen LogP contribution < -0.4 is 5.32 Å². The van der Waals surface area contributed by atoms with Crippen LogP contribution in [0.3, 0.4) is 0 Å². The average molecular weight is 371 g/mol. The second-order valence-electron chi connectivity index (χ2n) is 5.43. The number of hydrogen-bond donors (Lipinski definition) is 1. The number of anilines is 1. The highest BCUT2D eigenvalue weighted by Gasteiger charge is 2.10. The largest absolute Gasteiger partial charge is 0.339 e. The van der Waals surface area contributed by atoms with E-state index < -0.39 is 10.8 Å². The zero-order valence-corrected chi connectivity index (χ0v) is 15.0. The Kier molecular flexibility index (Phi) is 6.51. The van der Waals surface area contributed by atoms with E-state index in [1.165, 1.54) is 23.1 Å². The Morgan fingerprint density at radius 3 is 2.58 bits per heavy atom. The van der Waals surface area contributed by atoms with Crippen molar-refractivity contribution in [3.63, 3.8) is 0 Å². The van der Waals surface area contributed by atoms with Gasteiger partial charge in [0.2, 0.25) is 5.91 Å². The number of carbonyl (C=O) groups is 2. The Labute approximate surface area is 154 Å². The van der Waals surface area contributed by atoms with Gasteiger partial charge < -0.3 is 10.2 Å². The second kappa shape index (κ2) is 8.82. The molecule has 2 rings (SSSR count). The Bertz CT molecular complexity index is 865. The number of nitro benzene ring substituents is 1. The highest BCUT2D eigenvalue weighted by Crippen LogP contribution is 2.24. The van der Waals surface area contributed by atoms with Crippen molar-refractivity contribution >= 4 is 40.4 Å². The Balaban J connectivity index is 2.06. The number of nitrogens with one attached hydrogen (secondary N) is 1. The maximum atomic E-state index is 12.1. The smallest absolute Gasteiger partial charge is 0.285 e. The third kappa shape index (κ3) is 5.45. The fourth-order valence-corrected chi connectivity index (χ4v) is 2.69. The number of amides is 2. The van der Waals surface area contributed by atoms with Gasteiger partial charge in [0.1, 0.15) is 0 Å². The number of hydrogen-bond acceptors (Lipinski definition) is 5. The maximum absolute atomic E-state index is 12.1. The number of carbonyl (C=O) groups excluding carboxylic acids is 2. The molecule has 0 saturated heterocycles. The van der Waals surface area contributed by atoms with Crippen molar-refractivity contribution < 1.29 is 14.5 Å². The monoisotopic (exact) mass is 371 g/mol. The number of nitrogens with zero attached hydrogens (tertiary/aromatic N) is 2. The molecule has 0 saturated carbocycles. The van der Waals surface area contributed by atoms with Crippen molar-refractivity contribution in [1.82, 2.24) is 4.90 Å². The summed E-state index contributed by atoms with van der Waals surface area (Å²) in [6, 6.07) is 13.0. The molecule has 0 spiro atoms. The van der Waals surface area contributed by atoms with Crippen LogP contribution in [0, 0.1) is 10.1 Å². The highest BCUT2D eigenvalue weighted by molar-refractivity contribution is 8.13. The molecule has 0 fully saturated rings. The van der Waals surface area contributed by atoms with E-state index in [-0.39, 0.29) is 10.9 Å². The van der Waals surface area contributed by atoms with Crippen LogP contribution in [0.4, 0.5) is 16.2 Å². The minimum absolute atomic E-state index is 0.0721. The summed E-state index contributed by atoms with van der Waals surface area (Å²) in [6.07, 6.45) is 2.62. The fourth-order valence-electron chi connectivity index (χ4n) is 1.97. The van der Waals surface area contributed by atoms with Crippen LogP contribution in [0.5, 0.6) is 0 Å². The Morgan fingerprint density at radius 2 is 1.88 bits per heavy atom. The van der Waals surface area contributed by atoms with Crippen LogP contribution in [-0.2, 0) is 4.79 Å². The summed E-state index contributed by atoms with van der Waals surface area (Å²) in [5.41, 5.74) is 0.796. The van der Waals surface area contributed by atoms with Gasteiger partial charge in [-0.2, -0.15) is 0 Å². The van der Waals surface area contributed by atoms with Crippen molar-refractivity contribution in [3.05, 3.63) is 70.3 Å². The van der Waals surface area contributed by atoms with Gasteiger partial charge in [0, 0.05) is 36.8 Å². The molecular weight excluding hydrogens is 354 g/mol. The lowest BCUT2D eigenvalue weighted by Crippen LogP contribution is -2.16. The van der Waals surface area contributed by atoms with Crippen LogP contribution in [0.1, 0.15) is 5.56 Å². The number of thioether (sulfide) groups is 1. The SMILES string of the molecule is CN(C)C(=O)Sc1cccc(NC(=O)C=Cc2ccccc2[N+](=O)[O-])c1. The number of nitro groups is 1. The summed E-state index contributed by atoms with van der Waals surface area (Å²) in [6.45, 7) is 0. The molecule has 0 radical (unpaired) electrons. The molecule has 7 nitrogen and oxygen atoms in total. The van der Waals surface area contributed by atoms with Gasteiger partial charge in [0.15, 0.2) is 0 Å². The molecule has 0 aliphatic rings. The molecule has 0 bridgehead atoms. The molecular formula is C18H17N3O4S. The number of benzene rings is 2. The van der Waals surface area contributed by atoms with E-state index in [2.05, 4.69) is 5.32 Å². The highest BCUT2D eigenvalue weighted by atomic mass is 32.2. The average Bonchev–Trinajstić information content (AvgIpc) is 2.60. The lowest BCUT2D eigenvalue weighted by Gasteiger charge is -2.10. The lowest BCUT2D eigenvalue weighted by atomic mass is 10.1. The summed E-state index contributed by atoms with van der Waals surface area (Å²) in [4.78, 5) is 36.4. The minimum atomic E-state index is -0.500. The van der Waals surface area contributed by atoms with Gasteiger partial charge in [-0.25, -0.2) is 0 Å². The molecule has 134 valence electrons. The molecule has 8 heteroatoms. The zero-order chi connectivity index (χ0) is 19.1. The van der Waals surface area contributed by atoms with Crippen LogP contribution in [0.2, 0.25) is 0 Å². The second-order valence-corrected chi connectivity index (χ2v) is 6.45. The van der Waals surface area contributed by atoms with Crippen LogP contribution in [-0.4, -0.2) is 35.1 Å². The molecule has 0 atom stereocenters. The normalized spacial score (nSPS) is 10.5. The van der Waals surface area contributed by atoms with Crippen molar-refractivity contribution in [1.29, 1.82) is 0 Å². The van der Waals surface area contributed by atoms with Gasteiger partial charge in [-0.1, -0.05) is 18.2 Å². The predicted octanol–water partition coefficient (Wildman–Crippen LogP) is 4.02. The zero-order valence-electron chi connectivity index (χ0n) is 14.2. The maximum Gasteiger partial charge on any atom is 0.285 e. The molecule has 26 heavy (non-hydrogen) atoms. The first kappa shape index (κ1) is 19.2. The molecule has 2 aromatic rings. The molecule has 1 N–H and O–H groups in total. The van der Waals surface area contributed by atoms with Crippen LogP contribution in [0.25, 0.3) is 6.08 Å². The van der Waals surface area contributed by atoms with Crippen LogP contribution >= 0.6 is 11.8 Å². The number of rotatable bonds is 5. The van der Waals surface area contributed by atoms with Gasteiger partial charge in [0.05, 0.1) is 10.5 Å². The molecule has 0 aliphatic carbocycles. The fraction of sp³-hybridized carbons (Fsp3) is 0.111. The van der Waals surface area contributed by atoms with Crippen molar-refractivity contribution in [2.45, 2.75) is 4.90 Å². The predicted molar refractivity (Wildman–Crippen MR) is 102 cm³/mol. The summed E-state index contributed by atoms with van der Waals surface area (Å²) in [7, 11) is 3.32. The molecule has 2 amide bonds. The van der Waals surface area contributed by atoms with E-state index in [0.717, 1.165) is 11.8 Å². The summed E-state index contributed by atoms with van der Waals surface area (Å²) in [5, 5.41) is 13.5. The Hall–Kier alpha value is -3.13. The van der Waals surface area contributed by atoms with E-state index in [4.69, 9.17) is 0 Å². The van der Waals surface area contributed by atoms with Gasteiger partial charge in [0.25, 0.3) is 10.9 Å². The van der Waals surface area contributed by atoms with Crippen molar-refractivity contribution in [2.24, 2.45) is 0 Å². The van der Waals surface area contributed by atoms with E-state index in [1.807, 2.05) is 0 Å². The van der Waals surface area contributed by atoms with Crippen molar-refractivity contribution in [3.8, 4) is 0 Å². The minimum Gasteiger partial charge on any atom is -0.339 e.